The molecule has 0 fully saturated rings. The highest BCUT2D eigenvalue weighted by molar-refractivity contribution is 14.1. The lowest BCUT2D eigenvalue weighted by molar-refractivity contribution is -0.119. The molecule has 0 saturated carbocycles. The lowest BCUT2D eigenvalue weighted by Crippen LogP contribution is -2.21. The normalized spacial score (nSPS) is 10.2. The van der Waals surface area contributed by atoms with Gasteiger partial charge in [0.15, 0.2) is 6.61 Å². The average molecular weight is 425 g/mol. The smallest absolute Gasteiger partial charge is 0.338 e. The van der Waals surface area contributed by atoms with Gasteiger partial charge in [-0.25, -0.2) is 4.79 Å². The number of carbonyl (C=O) groups excluding carboxylic acids is 2. The molecule has 5 nitrogen and oxygen atoms in total. The Morgan fingerprint density at radius 1 is 1.13 bits per heavy atom. The molecule has 0 aliphatic carbocycles. The molecule has 0 saturated heterocycles. The van der Waals surface area contributed by atoms with E-state index in [0.29, 0.717) is 17.9 Å². The number of halogens is 1. The fourth-order valence-electron chi connectivity index (χ4n) is 1.88. The molecule has 6 heteroatoms. The van der Waals surface area contributed by atoms with Gasteiger partial charge in [0.25, 0.3) is 5.91 Å². The molecule has 23 heavy (non-hydrogen) atoms. The molecule has 0 spiro atoms. The molecule has 0 atom stereocenters. The topological polar surface area (TPSA) is 64.6 Å². The first-order valence-electron chi connectivity index (χ1n) is 6.89. The quantitative estimate of drug-likeness (QED) is 0.570. The van der Waals surface area contributed by atoms with Gasteiger partial charge in [-0.2, -0.15) is 0 Å². The number of esters is 1. The fourth-order valence-corrected chi connectivity index (χ4v) is 2.42. The van der Waals surface area contributed by atoms with Crippen molar-refractivity contribution in [3.63, 3.8) is 0 Å². The molecule has 120 valence electrons. The molecule has 0 unspecified atom stereocenters. The molecule has 0 aliphatic heterocycles. The maximum absolute atomic E-state index is 11.9. The Bertz CT molecular complexity index is 685. The highest BCUT2D eigenvalue weighted by Gasteiger charge is 2.10. The summed E-state index contributed by atoms with van der Waals surface area (Å²) in [4.78, 5) is 23.7. The molecule has 0 aliphatic rings. The first-order chi connectivity index (χ1) is 11.1. The molecule has 0 bridgehead atoms. The predicted molar refractivity (Wildman–Crippen MR) is 95.2 cm³/mol. The Labute approximate surface area is 148 Å². The van der Waals surface area contributed by atoms with Crippen LogP contribution in [0.25, 0.3) is 0 Å². The Hall–Kier alpha value is -1.93. The van der Waals surface area contributed by atoms with E-state index < -0.39 is 5.97 Å². The number of rotatable bonds is 6. The number of nitrogens with one attached hydrogen (secondary N) is 1. The third kappa shape index (κ3) is 5.65. The number of carbonyl (C=O) groups is 2. The highest BCUT2D eigenvalue weighted by Crippen LogP contribution is 2.12. The maximum atomic E-state index is 11.9. The summed E-state index contributed by atoms with van der Waals surface area (Å²) in [5.41, 5.74) is 2.02. The number of anilines is 1. The lowest BCUT2D eigenvalue weighted by atomic mass is 10.1. The summed E-state index contributed by atoms with van der Waals surface area (Å²) >= 11 is 2.15. The average Bonchev–Trinajstić information content (AvgIpc) is 2.54. The van der Waals surface area contributed by atoms with Crippen molar-refractivity contribution in [2.24, 2.45) is 0 Å². The summed E-state index contributed by atoms with van der Waals surface area (Å²) in [6.45, 7) is 0.151. The summed E-state index contributed by atoms with van der Waals surface area (Å²) in [7, 11) is 1.61. The first-order valence-corrected chi connectivity index (χ1v) is 7.97. The van der Waals surface area contributed by atoms with Crippen LogP contribution in [0, 0.1) is 3.57 Å². The van der Waals surface area contributed by atoms with Crippen LogP contribution >= 0.6 is 22.6 Å². The van der Waals surface area contributed by atoms with Gasteiger partial charge in [-0.1, -0.05) is 18.2 Å². The molecular formula is C17H16INO4. The van der Waals surface area contributed by atoms with Gasteiger partial charge in [-0.3, -0.25) is 4.79 Å². The molecule has 1 N–H and O–H groups in total. The van der Waals surface area contributed by atoms with Crippen LogP contribution in [0.5, 0.6) is 0 Å². The number of ether oxygens (including phenoxy) is 2. The zero-order chi connectivity index (χ0) is 16.7. The van der Waals surface area contributed by atoms with E-state index in [0.717, 1.165) is 9.13 Å². The summed E-state index contributed by atoms with van der Waals surface area (Å²) in [6.07, 6.45) is 0. The minimum Gasteiger partial charge on any atom is -0.452 e. The molecular weight excluding hydrogens is 409 g/mol. The van der Waals surface area contributed by atoms with Crippen molar-refractivity contribution in [1.29, 1.82) is 0 Å². The summed E-state index contributed by atoms with van der Waals surface area (Å²) in [6, 6.07) is 14.2. The predicted octanol–water partition coefficient (Wildman–Crippen LogP) is 3.23. The summed E-state index contributed by atoms with van der Waals surface area (Å²) in [5.74, 6) is -0.914. The zero-order valence-corrected chi connectivity index (χ0v) is 14.7. The summed E-state index contributed by atoms with van der Waals surface area (Å²) < 4.78 is 11.0. The molecule has 1 amide bonds. The van der Waals surface area contributed by atoms with E-state index in [2.05, 4.69) is 27.9 Å². The first kappa shape index (κ1) is 17.4. The van der Waals surface area contributed by atoms with E-state index in [9.17, 15) is 9.59 Å². The highest BCUT2D eigenvalue weighted by atomic mass is 127. The SMILES string of the molecule is COCc1ccc(C(=O)OCC(=O)Nc2cccc(I)c2)cc1. The van der Waals surface area contributed by atoms with E-state index >= 15 is 0 Å². The lowest BCUT2D eigenvalue weighted by Gasteiger charge is -2.07. The third-order valence-corrected chi connectivity index (χ3v) is 3.61. The molecule has 2 aromatic rings. The van der Waals surface area contributed by atoms with Crippen LogP contribution in [-0.4, -0.2) is 25.6 Å². The summed E-state index contributed by atoms with van der Waals surface area (Å²) in [5, 5.41) is 2.68. The van der Waals surface area contributed by atoms with Gasteiger partial charge in [0.2, 0.25) is 0 Å². The van der Waals surface area contributed by atoms with Crippen molar-refractivity contribution in [2.75, 3.05) is 19.0 Å². The molecule has 2 aromatic carbocycles. The van der Waals surface area contributed by atoms with E-state index in [1.54, 1.807) is 37.4 Å². The maximum Gasteiger partial charge on any atom is 0.338 e. The van der Waals surface area contributed by atoms with Crippen molar-refractivity contribution in [3.05, 3.63) is 63.2 Å². The Morgan fingerprint density at radius 3 is 2.52 bits per heavy atom. The van der Waals surface area contributed by atoms with Crippen molar-refractivity contribution in [3.8, 4) is 0 Å². The van der Waals surface area contributed by atoms with Gasteiger partial charge in [0.1, 0.15) is 0 Å². The van der Waals surface area contributed by atoms with E-state index in [-0.39, 0.29) is 12.5 Å². The van der Waals surface area contributed by atoms with Crippen LogP contribution in [-0.2, 0) is 20.9 Å². The van der Waals surface area contributed by atoms with Crippen LogP contribution in [0.15, 0.2) is 48.5 Å². The van der Waals surface area contributed by atoms with Gasteiger partial charge in [-0.05, 0) is 58.5 Å². The van der Waals surface area contributed by atoms with Crippen LogP contribution in [0.2, 0.25) is 0 Å². The second kappa shape index (κ2) is 8.64. The second-order valence-corrected chi connectivity index (χ2v) is 6.01. The largest absolute Gasteiger partial charge is 0.452 e. The number of benzene rings is 2. The van der Waals surface area contributed by atoms with Crippen LogP contribution in [0.3, 0.4) is 0 Å². The van der Waals surface area contributed by atoms with Crippen molar-refractivity contribution in [2.45, 2.75) is 6.61 Å². The minimum atomic E-state index is -0.535. The molecule has 0 radical (unpaired) electrons. The Morgan fingerprint density at radius 2 is 1.87 bits per heavy atom. The van der Waals surface area contributed by atoms with E-state index in [4.69, 9.17) is 9.47 Å². The van der Waals surface area contributed by atoms with Crippen molar-refractivity contribution >= 4 is 40.2 Å². The van der Waals surface area contributed by atoms with Crippen molar-refractivity contribution < 1.29 is 19.1 Å². The third-order valence-electron chi connectivity index (χ3n) is 2.94. The molecule has 0 heterocycles. The van der Waals surface area contributed by atoms with Crippen molar-refractivity contribution in [1.82, 2.24) is 0 Å². The minimum absolute atomic E-state index is 0.329. The second-order valence-electron chi connectivity index (χ2n) is 4.76. The van der Waals surface area contributed by atoms with Gasteiger partial charge < -0.3 is 14.8 Å². The van der Waals surface area contributed by atoms with Crippen LogP contribution in [0.1, 0.15) is 15.9 Å². The fraction of sp³-hybridized carbons (Fsp3) is 0.176. The zero-order valence-electron chi connectivity index (χ0n) is 12.5. The standard InChI is InChI=1S/C17H16INO4/c1-22-10-12-5-7-13(8-6-12)17(21)23-11-16(20)19-15-4-2-3-14(18)9-15/h2-9H,10-11H2,1H3,(H,19,20). The van der Waals surface area contributed by atoms with Gasteiger partial charge in [0, 0.05) is 16.4 Å². The van der Waals surface area contributed by atoms with E-state index in [1.807, 2.05) is 18.2 Å². The van der Waals surface area contributed by atoms with Crippen LogP contribution < -0.4 is 5.32 Å². The number of methoxy groups -OCH3 is 1. The van der Waals surface area contributed by atoms with E-state index in [1.165, 1.54) is 0 Å². The van der Waals surface area contributed by atoms with Gasteiger partial charge in [-0.15, -0.1) is 0 Å². The monoisotopic (exact) mass is 425 g/mol. The Kier molecular flexibility index (Phi) is 6.54. The van der Waals surface area contributed by atoms with Crippen LogP contribution in [0.4, 0.5) is 5.69 Å². The number of hydrogen-bond donors (Lipinski definition) is 1. The van der Waals surface area contributed by atoms with Gasteiger partial charge in [0.05, 0.1) is 12.2 Å². The van der Waals surface area contributed by atoms with Gasteiger partial charge >= 0.3 is 5.97 Å². The molecule has 0 aromatic heterocycles. The number of amides is 1. The molecule has 2 rings (SSSR count). The number of hydrogen-bond acceptors (Lipinski definition) is 4. The Balaban J connectivity index is 1.84.